The summed E-state index contributed by atoms with van der Waals surface area (Å²) in [7, 11) is 0. The SMILES string of the molecule is CC(=O)N[C@H]1[C@H](O[C@H]2[C@@H](O)[C@@H](CO)O[C@@H](O[C@H]3[C@H](O)[C@@H](NC(C)=O)[C@H](O[C@H]4[C@@H](O)[C@@H](CO)OC(O)[C@@H]4O)O[C@@H]3CO)[C@@H]2O)O[C@H](CO)[C@@H](O[C@@H]2O[C@H](CO)[C@H](O)[C@H](O)[C@H]2O)[C@@H]1O. The van der Waals surface area contributed by atoms with Gasteiger partial charge < -0.3 is 130 Å². The van der Waals surface area contributed by atoms with Crippen LogP contribution in [-0.2, 0) is 52.2 Å². The highest BCUT2D eigenvalue weighted by molar-refractivity contribution is 5.73. The number of amides is 2. The van der Waals surface area contributed by atoms with Crippen molar-refractivity contribution in [3.8, 4) is 0 Å². The molecule has 17 N–H and O–H groups in total. The first kappa shape index (κ1) is 51.0. The maximum absolute atomic E-state index is 12.4. The Morgan fingerprint density at radius 3 is 1.13 bits per heavy atom. The normalized spacial score (nSPS) is 49.0. The van der Waals surface area contributed by atoms with Crippen LogP contribution in [0.15, 0.2) is 0 Å². The van der Waals surface area contributed by atoms with Crippen molar-refractivity contribution in [2.75, 3.05) is 33.0 Å². The first-order valence-electron chi connectivity index (χ1n) is 19.6. The highest BCUT2D eigenvalue weighted by Gasteiger charge is 2.57. The van der Waals surface area contributed by atoms with Crippen molar-refractivity contribution in [1.82, 2.24) is 10.6 Å². The molecule has 5 saturated heterocycles. The summed E-state index contributed by atoms with van der Waals surface area (Å²) < 4.78 is 50.6. The van der Waals surface area contributed by atoms with Crippen LogP contribution in [0.2, 0.25) is 0 Å². The van der Waals surface area contributed by atoms with Crippen LogP contribution in [0, 0.1) is 0 Å². The fourth-order valence-corrected chi connectivity index (χ4v) is 7.83. The molecule has 0 saturated carbocycles. The Labute approximate surface area is 351 Å². The van der Waals surface area contributed by atoms with Gasteiger partial charge in [0.25, 0.3) is 0 Å². The zero-order valence-electron chi connectivity index (χ0n) is 33.2. The molecular formula is C34H58N2O26. The minimum Gasteiger partial charge on any atom is -0.394 e. The van der Waals surface area contributed by atoms with Crippen molar-refractivity contribution in [1.29, 1.82) is 0 Å². The summed E-state index contributed by atoms with van der Waals surface area (Å²) in [6.07, 6.45) is -42.0. The van der Waals surface area contributed by atoms with Crippen molar-refractivity contribution < 1.29 is 129 Å². The topological polar surface area (TPSA) is 445 Å². The van der Waals surface area contributed by atoms with Crippen LogP contribution >= 0.6 is 0 Å². The molecule has 28 nitrogen and oxygen atoms in total. The van der Waals surface area contributed by atoms with Crippen LogP contribution in [0.25, 0.3) is 0 Å². The average molecular weight is 911 g/mol. The van der Waals surface area contributed by atoms with Crippen LogP contribution in [0.5, 0.6) is 0 Å². The van der Waals surface area contributed by atoms with Gasteiger partial charge in [0.15, 0.2) is 31.5 Å². The molecule has 0 aromatic heterocycles. The van der Waals surface area contributed by atoms with Gasteiger partial charge in [-0.25, -0.2) is 0 Å². The second-order valence-corrected chi connectivity index (χ2v) is 15.4. The molecule has 5 fully saturated rings. The Morgan fingerprint density at radius 1 is 0.387 bits per heavy atom. The van der Waals surface area contributed by atoms with Gasteiger partial charge in [-0.1, -0.05) is 0 Å². The van der Waals surface area contributed by atoms with Crippen molar-refractivity contribution in [2.45, 2.75) is 167 Å². The van der Waals surface area contributed by atoms with Gasteiger partial charge in [-0.2, -0.15) is 0 Å². The number of hydrogen-bond donors (Lipinski definition) is 17. The molecular weight excluding hydrogens is 852 g/mol. The second kappa shape index (κ2) is 22.0. The fourth-order valence-electron chi connectivity index (χ4n) is 7.83. The van der Waals surface area contributed by atoms with Gasteiger partial charge in [-0.05, 0) is 0 Å². The molecule has 0 bridgehead atoms. The minimum atomic E-state index is -2.15. The largest absolute Gasteiger partial charge is 0.394 e. The monoisotopic (exact) mass is 910 g/mol. The lowest BCUT2D eigenvalue weighted by atomic mass is 9.94. The lowest BCUT2D eigenvalue weighted by Crippen LogP contribution is -2.70. The standard InChI is InChI=1S/C34H58N2O26/c1-8(42)35-15-21(48)27(14(7-41)57-31(15)61-28-18(45)11(4-38)54-30(53)24(28)51)60-34-25(52)29(19(46)12(5-39)56-34)62-32-16(36-9(2)43)20(47)26(13(6-40)58-32)59-33-23(50)22(49)17(44)10(3-37)55-33/h10-34,37-41,44-53H,3-7H2,1-2H3,(H,35,42)(H,36,43)/t10-,11-,12-,13-,14-,15-,16-,17+,18+,19+,20-,21-,22+,23-,24-,25-,26-,27-,28+,29+,30?,31+,32+,33+,34+/m1/s1. The molecule has 62 heavy (non-hydrogen) atoms. The molecule has 1 unspecified atom stereocenters. The van der Waals surface area contributed by atoms with Gasteiger partial charge in [0.1, 0.15) is 122 Å². The lowest BCUT2D eigenvalue weighted by molar-refractivity contribution is -0.382. The number of carbonyl (C=O) groups excluding carboxylic acids is 2. The summed E-state index contributed by atoms with van der Waals surface area (Å²) in [6.45, 7) is -2.52. The van der Waals surface area contributed by atoms with Crippen LogP contribution in [-0.4, -0.2) is 275 Å². The maximum atomic E-state index is 12.4. The molecule has 5 heterocycles. The van der Waals surface area contributed by atoms with Crippen molar-refractivity contribution in [3.05, 3.63) is 0 Å². The summed E-state index contributed by atoms with van der Waals surface area (Å²) in [4.78, 5) is 24.7. The number of aliphatic hydroxyl groups excluding tert-OH is 15. The zero-order valence-corrected chi connectivity index (χ0v) is 33.2. The Hall–Kier alpha value is -2.02. The van der Waals surface area contributed by atoms with Crippen molar-refractivity contribution in [2.24, 2.45) is 0 Å². The van der Waals surface area contributed by atoms with Crippen molar-refractivity contribution in [3.63, 3.8) is 0 Å². The first-order valence-corrected chi connectivity index (χ1v) is 19.6. The molecule has 5 rings (SSSR count). The van der Waals surface area contributed by atoms with Crippen LogP contribution in [0.4, 0.5) is 0 Å². The van der Waals surface area contributed by atoms with E-state index >= 15 is 0 Å². The predicted octanol–water partition coefficient (Wildman–Crippen LogP) is -11.6. The molecule has 5 aliphatic rings. The maximum Gasteiger partial charge on any atom is 0.217 e. The summed E-state index contributed by atoms with van der Waals surface area (Å²) in [5, 5.41) is 163. The summed E-state index contributed by atoms with van der Waals surface area (Å²) >= 11 is 0. The third-order valence-electron chi connectivity index (χ3n) is 11.1. The number of nitrogens with one attached hydrogen (secondary N) is 2. The van der Waals surface area contributed by atoms with Crippen LogP contribution in [0.3, 0.4) is 0 Å². The Balaban J connectivity index is 1.36. The quantitative estimate of drug-likeness (QED) is 0.0725. The van der Waals surface area contributed by atoms with Crippen LogP contribution < -0.4 is 10.6 Å². The number of rotatable bonds is 15. The van der Waals surface area contributed by atoms with E-state index in [0.717, 1.165) is 13.8 Å². The van der Waals surface area contributed by atoms with Gasteiger partial charge in [-0.3, -0.25) is 9.59 Å². The van der Waals surface area contributed by atoms with E-state index in [9.17, 15) is 86.2 Å². The van der Waals surface area contributed by atoms with E-state index in [0.29, 0.717) is 0 Å². The predicted molar refractivity (Wildman–Crippen MR) is 190 cm³/mol. The zero-order chi connectivity index (χ0) is 45.9. The van der Waals surface area contributed by atoms with E-state index < -0.39 is 198 Å². The molecule has 25 atom stereocenters. The molecule has 0 aromatic rings. The van der Waals surface area contributed by atoms with Gasteiger partial charge in [-0.15, -0.1) is 0 Å². The lowest BCUT2D eigenvalue weighted by Gasteiger charge is -2.50. The highest BCUT2D eigenvalue weighted by atomic mass is 16.8. The van der Waals surface area contributed by atoms with E-state index in [4.69, 9.17) is 42.6 Å². The summed E-state index contributed by atoms with van der Waals surface area (Å²) in [5.41, 5.74) is 0. The molecule has 0 radical (unpaired) electrons. The highest BCUT2D eigenvalue weighted by Crippen LogP contribution is 2.35. The molecule has 0 aliphatic carbocycles. The van der Waals surface area contributed by atoms with Gasteiger partial charge in [0.05, 0.1) is 33.0 Å². The van der Waals surface area contributed by atoms with Gasteiger partial charge in [0.2, 0.25) is 11.8 Å². The molecule has 5 aliphatic heterocycles. The van der Waals surface area contributed by atoms with E-state index in [2.05, 4.69) is 10.6 Å². The third-order valence-corrected chi connectivity index (χ3v) is 11.1. The van der Waals surface area contributed by atoms with E-state index in [1.54, 1.807) is 0 Å². The molecule has 0 spiro atoms. The molecule has 0 aromatic carbocycles. The van der Waals surface area contributed by atoms with E-state index in [1.165, 1.54) is 0 Å². The van der Waals surface area contributed by atoms with Gasteiger partial charge >= 0.3 is 0 Å². The Morgan fingerprint density at radius 2 is 0.726 bits per heavy atom. The van der Waals surface area contributed by atoms with Crippen molar-refractivity contribution >= 4 is 11.8 Å². The summed E-state index contributed by atoms with van der Waals surface area (Å²) in [6, 6.07) is -3.35. The molecule has 2 amide bonds. The third kappa shape index (κ3) is 10.8. The smallest absolute Gasteiger partial charge is 0.217 e. The summed E-state index contributed by atoms with van der Waals surface area (Å²) in [5.74, 6) is -1.59. The minimum absolute atomic E-state index is 0.787. The number of aliphatic hydroxyl groups is 15. The Bertz CT molecular complexity index is 1440. The average Bonchev–Trinajstić information content (AvgIpc) is 3.23. The van der Waals surface area contributed by atoms with E-state index in [1.807, 2.05) is 0 Å². The molecule has 360 valence electrons. The van der Waals surface area contributed by atoms with Crippen LogP contribution in [0.1, 0.15) is 13.8 Å². The number of ether oxygens (including phenoxy) is 9. The Kier molecular flexibility index (Phi) is 18.1. The first-order chi connectivity index (χ1) is 29.3. The fraction of sp³-hybridized carbons (Fsp3) is 0.941. The van der Waals surface area contributed by atoms with E-state index in [-0.39, 0.29) is 0 Å². The molecule has 28 heteroatoms. The van der Waals surface area contributed by atoms with Gasteiger partial charge in [0, 0.05) is 13.8 Å². The second-order valence-electron chi connectivity index (χ2n) is 15.4. The number of carbonyl (C=O) groups is 2. The number of hydrogen-bond acceptors (Lipinski definition) is 26.